The summed E-state index contributed by atoms with van der Waals surface area (Å²) in [6, 6.07) is 18.1. The second-order valence-corrected chi connectivity index (χ2v) is 5.54. The van der Waals surface area contributed by atoms with Gasteiger partial charge in [0.2, 0.25) is 0 Å². The van der Waals surface area contributed by atoms with Crippen molar-refractivity contribution in [1.82, 2.24) is 5.32 Å². The van der Waals surface area contributed by atoms with Crippen LogP contribution < -0.4 is 15.4 Å². The van der Waals surface area contributed by atoms with Crippen LogP contribution in [-0.2, 0) is 0 Å². The molecule has 1 unspecified atom stereocenters. The number of aliphatic hydroxyl groups is 1. The summed E-state index contributed by atoms with van der Waals surface area (Å²) in [5.41, 5.74) is 2.05. The maximum Gasteiger partial charge on any atom is 0.119 e. The van der Waals surface area contributed by atoms with Gasteiger partial charge in [-0.25, -0.2) is 0 Å². The standard InChI is InChI=1S/C18H24N2O2/c1-14(2)19-12-17(21)13-22-18-10-8-16(9-11-18)20-15-6-4-3-5-7-15/h3-11,14,17,19-21H,12-13H2,1-2H3. The van der Waals surface area contributed by atoms with E-state index < -0.39 is 6.10 Å². The molecule has 4 nitrogen and oxygen atoms in total. The Bertz CT molecular complexity index is 541. The molecule has 3 N–H and O–H groups in total. The van der Waals surface area contributed by atoms with Crippen LogP contribution in [0, 0.1) is 0 Å². The predicted molar refractivity (Wildman–Crippen MR) is 90.8 cm³/mol. The fraction of sp³-hybridized carbons (Fsp3) is 0.333. The largest absolute Gasteiger partial charge is 0.491 e. The molecule has 0 aromatic heterocycles. The Morgan fingerprint density at radius 3 is 2.23 bits per heavy atom. The summed E-state index contributed by atoms with van der Waals surface area (Å²) in [6.45, 7) is 4.91. The molecule has 0 radical (unpaired) electrons. The Hall–Kier alpha value is -2.04. The number of aliphatic hydroxyl groups excluding tert-OH is 1. The van der Waals surface area contributed by atoms with Gasteiger partial charge in [0, 0.05) is 24.0 Å². The minimum atomic E-state index is -0.510. The van der Waals surface area contributed by atoms with Gasteiger partial charge in [-0.1, -0.05) is 32.0 Å². The molecule has 0 bridgehead atoms. The number of rotatable bonds is 8. The highest BCUT2D eigenvalue weighted by Gasteiger charge is 2.06. The van der Waals surface area contributed by atoms with Crippen LogP contribution in [0.5, 0.6) is 5.75 Å². The molecule has 0 fully saturated rings. The first-order chi connectivity index (χ1) is 10.6. The molecule has 2 aromatic rings. The Morgan fingerprint density at radius 2 is 1.59 bits per heavy atom. The van der Waals surface area contributed by atoms with Crippen LogP contribution in [-0.4, -0.2) is 30.4 Å². The average molecular weight is 300 g/mol. The normalized spacial score (nSPS) is 12.2. The van der Waals surface area contributed by atoms with Crippen LogP contribution in [0.4, 0.5) is 11.4 Å². The SMILES string of the molecule is CC(C)NCC(O)COc1ccc(Nc2ccccc2)cc1. The minimum absolute atomic E-state index is 0.283. The summed E-state index contributed by atoms with van der Waals surface area (Å²) in [6.07, 6.45) is -0.510. The van der Waals surface area contributed by atoms with Gasteiger partial charge in [-0.05, 0) is 36.4 Å². The zero-order valence-electron chi connectivity index (χ0n) is 13.1. The Morgan fingerprint density at radius 1 is 0.955 bits per heavy atom. The summed E-state index contributed by atoms with van der Waals surface area (Å²) < 4.78 is 5.59. The number of hydrogen-bond acceptors (Lipinski definition) is 4. The Labute approximate surface area is 132 Å². The zero-order valence-corrected chi connectivity index (χ0v) is 13.1. The summed E-state index contributed by atoms with van der Waals surface area (Å²) in [5, 5.41) is 16.3. The van der Waals surface area contributed by atoms with Crippen LogP contribution in [0.25, 0.3) is 0 Å². The van der Waals surface area contributed by atoms with Gasteiger partial charge in [0.05, 0.1) is 0 Å². The lowest BCUT2D eigenvalue weighted by Gasteiger charge is -2.15. The maximum atomic E-state index is 9.81. The second-order valence-electron chi connectivity index (χ2n) is 5.54. The molecule has 0 aliphatic heterocycles. The molecule has 0 aliphatic rings. The lowest BCUT2D eigenvalue weighted by atomic mass is 10.2. The number of ether oxygens (including phenoxy) is 1. The molecule has 118 valence electrons. The van der Waals surface area contributed by atoms with E-state index in [1.54, 1.807) is 0 Å². The Kier molecular flexibility index (Phi) is 6.25. The topological polar surface area (TPSA) is 53.5 Å². The van der Waals surface area contributed by atoms with E-state index in [0.29, 0.717) is 12.6 Å². The third-order valence-electron chi connectivity index (χ3n) is 3.12. The molecular weight excluding hydrogens is 276 g/mol. The molecule has 0 amide bonds. The number of nitrogens with one attached hydrogen (secondary N) is 2. The first kappa shape index (κ1) is 16.3. The van der Waals surface area contributed by atoms with Crippen LogP contribution in [0.1, 0.15) is 13.8 Å². The van der Waals surface area contributed by atoms with Gasteiger partial charge < -0.3 is 20.5 Å². The van der Waals surface area contributed by atoms with E-state index >= 15 is 0 Å². The third-order valence-corrected chi connectivity index (χ3v) is 3.12. The summed E-state index contributed by atoms with van der Waals surface area (Å²) in [5.74, 6) is 0.752. The quantitative estimate of drug-likeness (QED) is 0.701. The van der Waals surface area contributed by atoms with E-state index in [1.807, 2.05) is 68.4 Å². The van der Waals surface area contributed by atoms with Crippen LogP contribution in [0.2, 0.25) is 0 Å². The zero-order chi connectivity index (χ0) is 15.8. The van der Waals surface area contributed by atoms with Crippen molar-refractivity contribution in [2.45, 2.75) is 26.0 Å². The first-order valence-electron chi connectivity index (χ1n) is 7.60. The lowest BCUT2D eigenvalue weighted by molar-refractivity contribution is 0.104. The van der Waals surface area contributed by atoms with Gasteiger partial charge in [-0.3, -0.25) is 0 Å². The van der Waals surface area contributed by atoms with Gasteiger partial charge >= 0.3 is 0 Å². The van der Waals surface area contributed by atoms with Gasteiger partial charge in [-0.15, -0.1) is 0 Å². The smallest absolute Gasteiger partial charge is 0.119 e. The molecule has 0 spiro atoms. The molecule has 0 saturated carbocycles. The highest BCUT2D eigenvalue weighted by molar-refractivity contribution is 5.59. The van der Waals surface area contributed by atoms with Crippen molar-refractivity contribution in [3.8, 4) is 5.75 Å². The number of anilines is 2. The fourth-order valence-corrected chi connectivity index (χ4v) is 1.95. The van der Waals surface area contributed by atoms with E-state index in [1.165, 1.54) is 0 Å². The molecule has 0 aliphatic carbocycles. The van der Waals surface area contributed by atoms with E-state index in [-0.39, 0.29) is 6.61 Å². The maximum absolute atomic E-state index is 9.81. The molecular formula is C18H24N2O2. The van der Waals surface area contributed by atoms with E-state index in [9.17, 15) is 5.11 Å². The molecule has 2 aromatic carbocycles. The average Bonchev–Trinajstić information content (AvgIpc) is 2.53. The second kappa shape index (κ2) is 8.41. The van der Waals surface area contributed by atoms with Crippen LogP contribution >= 0.6 is 0 Å². The van der Waals surface area contributed by atoms with Crippen LogP contribution in [0.15, 0.2) is 54.6 Å². The number of para-hydroxylation sites is 1. The molecule has 0 heterocycles. The molecule has 4 heteroatoms. The van der Waals surface area contributed by atoms with Crippen molar-refractivity contribution in [3.63, 3.8) is 0 Å². The van der Waals surface area contributed by atoms with E-state index in [0.717, 1.165) is 17.1 Å². The van der Waals surface area contributed by atoms with E-state index in [4.69, 9.17) is 4.74 Å². The molecule has 1 atom stereocenters. The monoisotopic (exact) mass is 300 g/mol. The summed E-state index contributed by atoms with van der Waals surface area (Å²) in [7, 11) is 0. The van der Waals surface area contributed by atoms with Crippen molar-refractivity contribution in [3.05, 3.63) is 54.6 Å². The van der Waals surface area contributed by atoms with Crippen molar-refractivity contribution in [2.75, 3.05) is 18.5 Å². The first-order valence-corrected chi connectivity index (χ1v) is 7.60. The van der Waals surface area contributed by atoms with Crippen molar-refractivity contribution < 1.29 is 9.84 Å². The summed E-state index contributed by atoms with van der Waals surface area (Å²) in [4.78, 5) is 0. The van der Waals surface area contributed by atoms with Crippen molar-refractivity contribution in [1.29, 1.82) is 0 Å². The highest BCUT2D eigenvalue weighted by atomic mass is 16.5. The number of benzene rings is 2. The van der Waals surface area contributed by atoms with Crippen molar-refractivity contribution in [2.24, 2.45) is 0 Å². The molecule has 22 heavy (non-hydrogen) atoms. The predicted octanol–water partition coefficient (Wildman–Crippen LogP) is 3.17. The van der Waals surface area contributed by atoms with Gasteiger partial charge in [0.15, 0.2) is 0 Å². The molecule has 0 saturated heterocycles. The summed E-state index contributed by atoms with van der Waals surface area (Å²) >= 11 is 0. The Balaban J connectivity index is 1.79. The lowest BCUT2D eigenvalue weighted by Crippen LogP contribution is -2.35. The van der Waals surface area contributed by atoms with Crippen LogP contribution in [0.3, 0.4) is 0 Å². The van der Waals surface area contributed by atoms with Gasteiger partial charge in [0.25, 0.3) is 0 Å². The van der Waals surface area contributed by atoms with Gasteiger partial charge in [-0.2, -0.15) is 0 Å². The highest BCUT2D eigenvalue weighted by Crippen LogP contribution is 2.19. The van der Waals surface area contributed by atoms with E-state index in [2.05, 4.69) is 10.6 Å². The molecule has 2 rings (SSSR count). The van der Waals surface area contributed by atoms with Crippen molar-refractivity contribution >= 4 is 11.4 Å². The van der Waals surface area contributed by atoms with Gasteiger partial charge in [0.1, 0.15) is 18.5 Å². The third kappa shape index (κ3) is 5.76. The minimum Gasteiger partial charge on any atom is -0.491 e. The fourth-order valence-electron chi connectivity index (χ4n) is 1.95. The number of hydrogen-bond donors (Lipinski definition) is 3.